The van der Waals surface area contributed by atoms with Crippen molar-refractivity contribution >= 4 is 29.0 Å². The number of benzene rings is 1. The normalized spacial score (nSPS) is 11.6. The molecule has 0 saturated carbocycles. The summed E-state index contributed by atoms with van der Waals surface area (Å²) in [5.41, 5.74) is 1.25. The van der Waals surface area contributed by atoms with E-state index in [1.165, 1.54) is 6.07 Å². The van der Waals surface area contributed by atoms with Crippen LogP contribution in [0.3, 0.4) is 0 Å². The highest BCUT2D eigenvalue weighted by atomic mass is 32.1. The molecule has 1 aromatic heterocycles. The molecule has 0 fully saturated rings. The summed E-state index contributed by atoms with van der Waals surface area (Å²) in [6, 6.07) is 4.44. The number of amides is 3. The molecule has 0 saturated heterocycles. The lowest BCUT2D eigenvalue weighted by Crippen LogP contribution is -2.44. The standard InChI is InChI=1S/C16H17F2N3O2S/c1-10(6-11-4-5-24-9-11)20-16(23)19-8-15(22)21-12-2-3-13(17)14(18)7-12/h2-5,7,9-10H,6,8H2,1H3,(H,21,22)(H2,19,20,23). The highest BCUT2D eigenvalue weighted by molar-refractivity contribution is 7.07. The molecule has 1 unspecified atom stereocenters. The van der Waals surface area contributed by atoms with Crippen molar-refractivity contribution in [1.82, 2.24) is 10.6 Å². The van der Waals surface area contributed by atoms with Gasteiger partial charge in [-0.15, -0.1) is 0 Å². The number of hydrogen-bond acceptors (Lipinski definition) is 3. The van der Waals surface area contributed by atoms with Crippen molar-refractivity contribution in [3.8, 4) is 0 Å². The van der Waals surface area contributed by atoms with E-state index in [1.807, 2.05) is 23.8 Å². The van der Waals surface area contributed by atoms with Gasteiger partial charge in [0.05, 0.1) is 6.54 Å². The highest BCUT2D eigenvalue weighted by Gasteiger charge is 2.10. The second kappa shape index (κ2) is 8.39. The van der Waals surface area contributed by atoms with E-state index in [-0.39, 0.29) is 18.3 Å². The minimum Gasteiger partial charge on any atom is -0.335 e. The Hall–Kier alpha value is -2.48. The van der Waals surface area contributed by atoms with Gasteiger partial charge in [0.15, 0.2) is 11.6 Å². The number of thiophene rings is 1. The van der Waals surface area contributed by atoms with Crippen LogP contribution in [0.1, 0.15) is 12.5 Å². The Morgan fingerprint density at radius 3 is 2.67 bits per heavy atom. The van der Waals surface area contributed by atoms with Gasteiger partial charge in [0.2, 0.25) is 5.91 Å². The van der Waals surface area contributed by atoms with Crippen molar-refractivity contribution in [1.29, 1.82) is 0 Å². The van der Waals surface area contributed by atoms with E-state index in [0.29, 0.717) is 6.42 Å². The van der Waals surface area contributed by atoms with Gasteiger partial charge in [0, 0.05) is 17.8 Å². The van der Waals surface area contributed by atoms with E-state index in [4.69, 9.17) is 0 Å². The molecule has 3 amide bonds. The monoisotopic (exact) mass is 353 g/mol. The predicted molar refractivity (Wildman–Crippen MR) is 89.0 cm³/mol. The Labute approximate surface area is 142 Å². The number of anilines is 1. The van der Waals surface area contributed by atoms with Crippen LogP contribution in [-0.4, -0.2) is 24.5 Å². The molecule has 3 N–H and O–H groups in total. The predicted octanol–water partition coefficient (Wildman–Crippen LogP) is 2.90. The van der Waals surface area contributed by atoms with E-state index in [2.05, 4.69) is 16.0 Å². The minimum atomic E-state index is -1.05. The topological polar surface area (TPSA) is 70.2 Å². The Bertz CT molecular complexity index is 707. The van der Waals surface area contributed by atoms with Crippen molar-refractivity contribution < 1.29 is 18.4 Å². The molecule has 2 aromatic rings. The molecule has 1 aromatic carbocycles. The van der Waals surface area contributed by atoms with Crippen LogP contribution >= 0.6 is 11.3 Å². The highest BCUT2D eigenvalue weighted by Crippen LogP contribution is 2.12. The zero-order valence-corrected chi connectivity index (χ0v) is 13.8. The first-order valence-electron chi connectivity index (χ1n) is 7.24. The summed E-state index contributed by atoms with van der Waals surface area (Å²) in [5, 5.41) is 11.5. The number of carbonyl (C=O) groups is 2. The lowest BCUT2D eigenvalue weighted by atomic mass is 10.1. The van der Waals surface area contributed by atoms with Crippen molar-refractivity contribution in [3.63, 3.8) is 0 Å². The molecule has 5 nitrogen and oxygen atoms in total. The lowest BCUT2D eigenvalue weighted by Gasteiger charge is -2.14. The second-order valence-electron chi connectivity index (χ2n) is 5.24. The number of carbonyl (C=O) groups excluding carboxylic acids is 2. The molecule has 0 radical (unpaired) electrons. The number of halogens is 2. The molecule has 0 aliphatic rings. The van der Waals surface area contributed by atoms with Crippen LogP contribution in [0.5, 0.6) is 0 Å². The van der Waals surface area contributed by atoms with Gasteiger partial charge in [0.25, 0.3) is 0 Å². The molecule has 2 rings (SSSR count). The first-order chi connectivity index (χ1) is 11.4. The van der Waals surface area contributed by atoms with Crippen LogP contribution < -0.4 is 16.0 Å². The zero-order valence-electron chi connectivity index (χ0n) is 12.9. The molecular formula is C16H17F2N3O2S. The number of nitrogens with one attached hydrogen (secondary N) is 3. The van der Waals surface area contributed by atoms with Gasteiger partial charge in [-0.3, -0.25) is 4.79 Å². The van der Waals surface area contributed by atoms with Gasteiger partial charge in [-0.25, -0.2) is 13.6 Å². The average Bonchev–Trinajstić information content (AvgIpc) is 3.01. The van der Waals surface area contributed by atoms with Crippen LogP contribution in [0.25, 0.3) is 0 Å². The molecular weight excluding hydrogens is 336 g/mol. The van der Waals surface area contributed by atoms with Crippen LogP contribution in [-0.2, 0) is 11.2 Å². The smallest absolute Gasteiger partial charge is 0.315 e. The number of hydrogen-bond donors (Lipinski definition) is 3. The Kier molecular flexibility index (Phi) is 6.25. The van der Waals surface area contributed by atoms with Crippen molar-refractivity contribution in [3.05, 3.63) is 52.2 Å². The molecule has 128 valence electrons. The summed E-state index contributed by atoms with van der Waals surface area (Å²) < 4.78 is 25.8. The van der Waals surface area contributed by atoms with E-state index in [1.54, 1.807) is 11.3 Å². The fourth-order valence-electron chi connectivity index (χ4n) is 2.03. The van der Waals surface area contributed by atoms with E-state index in [9.17, 15) is 18.4 Å². The third-order valence-electron chi connectivity index (χ3n) is 3.11. The van der Waals surface area contributed by atoms with E-state index >= 15 is 0 Å². The van der Waals surface area contributed by atoms with Gasteiger partial charge in [-0.05, 0) is 47.9 Å². The molecule has 0 bridgehead atoms. The maximum absolute atomic E-state index is 13.0. The Morgan fingerprint density at radius 2 is 2.00 bits per heavy atom. The maximum Gasteiger partial charge on any atom is 0.315 e. The third-order valence-corrected chi connectivity index (χ3v) is 3.84. The number of urea groups is 1. The van der Waals surface area contributed by atoms with Crippen molar-refractivity contribution in [2.24, 2.45) is 0 Å². The molecule has 0 aliphatic heterocycles. The summed E-state index contributed by atoms with van der Waals surface area (Å²) >= 11 is 1.59. The Morgan fingerprint density at radius 1 is 1.21 bits per heavy atom. The van der Waals surface area contributed by atoms with Gasteiger partial charge >= 0.3 is 6.03 Å². The quantitative estimate of drug-likeness (QED) is 0.747. The molecule has 1 heterocycles. The maximum atomic E-state index is 13.0. The molecule has 1 atom stereocenters. The van der Waals surface area contributed by atoms with Gasteiger partial charge in [-0.1, -0.05) is 0 Å². The number of rotatable bonds is 6. The summed E-state index contributed by atoms with van der Waals surface area (Å²) in [4.78, 5) is 23.4. The first-order valence-corrected chi connectivity index (χ1v) is 8.18. The SMILES string of the molecule is CC(Cc1ccsc1)NC(=O)NCC(=O)Nc1ccc(F)c(F)c1. The van der Waals surface area contributed by atoms with Crippen LogP contribution in [0.15, 0.2) is 35.0 Å². The molecule has 8 heteroatoms. The van der Waals surface area contributed by atoms with Gasteiger partial charge < -0.3 is 16.0 Å². The average molecular weight is 353 g/mol. The molecule has 24 heavy (non-hydrogen) atoms. The van der Waals surface area contributed by atoms with Gasteiger partial charge in [-0.2, -0.15) is 11.3 Å². The minimum absolute atomic E-state index is 0.0890. The van der Waals surface area contributed by atoms with Crippen LogP contribution in [0.2, 0.25) is 0 Å². The second-order valence-corrected chi connectivity index (χ2v) is 6.02. The lowest BCUT2D eigenvalue weighted by molar-refractivity contribution is -0.115. The van der Waals surface area contributed by atoms with Gasteiger partial charge in [0.1, 0.15) is 0 Å². The molecule has 0 aliphatic carbocycles. The third kappa shape index (κ3) is 5.62. The summed E-state index contributed by atoms with van der Waals surface area (Å²) in [7, 11) is 0. The van der Waals surface area contributed by atoms with Crippen LogP contribution in [0.4, 0.5) is 19.3 Å². The van der Waals surface area contributed by atoms with Crippen molar-refractivity contribution in [2.75, 3.05) is 11.9 Å². The largest absolute Gasteiger partial charge is 0.335 e. The van der Waals surface area contributed by atoms with E-state index in [0.717, 1.165) is 17.7 Å². The fourth-order valence-corrected chi connectivity index (χ4v) is 2.71. The summed E-state index contributed by atoms with van der Waals surface area (Å²) in [6.45, 7) is 1.58. The summed E-state index contributed by atoms with van der Waals surface area (Å²) in [5.74, 6) is -2.59. The van der Waals surface area contributed by atoms with Crippen molar-refractivity contribution in [2.45, 2.75) is 19.4 Å². The first kappa shape index (κ1) is 17.9. The Balaban J connectivity index is 1.72. The molecule has 0 spiro atoms. The van der Waals surface area contributed by atoms with Crippen LogP contribution in [0, 0.1) is 11.6 Å². The summed E-state index contributed by atoms with van der Waals surface area (Å²) in [6.07, 6.45) is 0.692. The zero-order chi connectivity index (χ0) is 17.5. The fraction of sp³-hybridized carbons (Fsp3) is 0.250. The van der Waals surface area contributed by atoms with E-state index < -0.39 is 23.6 Å².